The van der Waals surface area contributed by atoms with Crippen LogP contribution in [0.5, 0.6) is 0 Å². The first-order valence-corrected chi connectivity index (χ1v) is 7.85. The normalized spacial score (nSPS) is 19.2. The molecule has 0 radical (unpaired) electrons. The van der Waals surface area contributed by atoms with Crippen LogP contribution < -0.4 is 5.73 Å². The van der Waals surface area contributed by atoms with Crippen LogP contribution in [-0.4, -0.2) is 0 Å². The summed E-state index contributed by atoms with van der Waals surface area (Å²) in [6.45, 7) is 2.12. The van der Waals surface area contributed by atoms with E-state index in [0.717, 1.165) is 6.42 Å². The first-order chi connectivity index (χ1) is 8.65. The van der Waals surface area contributed by atoms with Crippen LogP contribution in [0.25, 0.3) is 0 Å². The number of fused-ring (bicyclic) bond motifs is 1. The summed E-state index contributed by atoms with van der Waals surface area (Å²) < 4.78 is 1.21. The van der Waals surface area contributed by atoms with Gasteiger partial charge in [-0.1, -0.05) is 24.3 Å². The van der Waals surface area contributed by atoms with E-state index in [2.05, 4.69) is 53.2 Å². The molecule has 1 nitrogen and oxygen atoms in total. The van der Waals surface area contributed by atoms with Crippen LogP contribution in [0, 0.1) is 6.92 Å². The van der Waals surface area contributed by atoms with Gasteiger partial charge in [0.15, 0.2) is 0 Å². The molecule has 1 aromatic carbocycles. The van der Waals surface area contributed by atoms with Gasteiger partial charge in [0.25, 0.3) is 0 Å². The summed E-state index contributed by atoms with van der Waals surface area (Å²) in [6.07, 6.45) is 2.25. The Morgan fingerprint density at radius 2 is 2.22 bits per heavy atom. The third kappa shape index (κ3) is 2.15. The van der Waals surface area contributed by atoms with Crippen molar-refractivity contribution in [1.29, 1.82) is 0 Å². The van der Waals surface area contributed by atoms with E-state index in [-0.39, 0.29) is 6.04 Å². The highest BCUT2D eigenvalue weighted by atomic mass is 79.9. The minimum atomic E-state index is 0.165. The Hall–Kier alpha value is -0.640. The topological polar surface area (TPSA) is 26.0 Å². The van der Waals surface area contributed by atoms with Crippen molar-refractivity contribution in [3.05, 3.63) is 55.7 Å². The molecule has 0 bridgehead atoms. The van der Waals surface area contributed by atoms with Crippen molar-refractivity contribution in [3.8, 4) is 0 Å². The molecule has 1 aromatic heterocycles. The van der Waals surface area contributed by atoms with Gasteiger partial charge >= 0.3 is 0 Å². The summed E-state index contributed by atoms with van der Waals surface area (Å²) in [4.78, 5) is 1.30. The first kappa shape index (κ1) is 12.4. The molecule has 3 rings (SSSR count). The minimum absolute atomic E-state index is 0.165. The number of halogens is 1. The van der Waals surface area contributed by atoms with E-state index < -0.39 is 0 Å². The standard InChI is InChI=1S/C15H16BrNS/c1-9-6-14(18-15(9)16)13(17)8-11-7-10-4-2-3-5-12(10)11/h2-6,11,13H,7-8,17H2,1H3. The van der Waals surface area contributed by atoms with E-state index in [1.54, 1.807) is 11.3 Å². The predicted octanol–water partition coefficient (Wildman–Crippen LogP) is 4.55. The summed E-state index contributed by atoms with van der Waals surface area (Å²) in [5.41, 5.74) is 10.6. The van der Waals surface area contributed by atoms with Gasteiger partial charge < -0.3 is 5.73 Å². The smallest absolute Gasteiger partial charge is 0.0731 e. The molecule has 2 atom stereocenters. The molecule has 18 heavy (non-hydrogen) atoms. The molecule has 0 saturated heterocycles. The number of nitrogens with two attached hydrogens (primary N) is 1. The fourth-order valence-electron chi connectivity index (χ4n) is 2.66. The molecule has 1 heterocycles. The van der Waals surface area contributed by atoms with Crippen LogP contribution >= 0.6 is 27.3 Å². The van der Waals surface area contributed by atoms with Gasteiger partial charge in [0.1, 0.15) is 0 Å². The highest BCUT2D eigenvalue weighted by Gasteiger charge is 2.27. The zero-order valence-corrected chi connectivity index (χ0v) is 12.7. The maximum Gasteiger partial charge on any atom is 0.0731 e. The fourth-order valence-corrected chi connectivity index (χ4v) is 4.25. The van der Waals surface area contributed by atoms with E-state index >= 15 is 0 Å². The largest absolute Gasteiger partial charge is 0.323 e. The summed E-state index contributed by atoms with van der Waals surface area (Å²) in [7, 11) is 0. The van der Waals surface area contributed by atoms with Gasteiger partial charge in [-0.25, -0.2) is 0 Å². The van der Waals surface area contributed by atoms with Gasteiger partial charge in [-0.3, -0.25) is 0 Å². The monoisotopic (exact) mass is 321 g/mol. The SMILES string of the molecule is Cc1cc(C(N)CC2Cc3ccccc32)sc1Br. The summed E-state index contributed by atoms with van der Waals surface area (Å²) >= 11 is 5.34. The molecule has 0 aliphatic heterocycles. The van der Waals surface area contributed by atoms with E-state index in [9.17, 15) is 0 Å². The third-order valence-electron chi connectivity index (χ3n) is 3.74. The van der Waals surface area contributed by atoms with Gasteiger partial charge in [0, 0.05) is 10.9 Å². The van der Waals surface area contributed by atoms with Crippen LogP contribution in [0.15, 0.2) is 34.1 Å². The summed E-state index contributed by atoms with van der Waals surface area (Å²) in [5, 5.41) is 0. The Bertz CT molecular complexity index is 556. The Labute approximate surface area is 120 Å². The van der Waals surface area contributed by atoms with Crippen molar-refractivity contribution in [2.45, 2.75) is 31.7 Å². The molecule has 0 amide bonds. The molecule has 0 spiro atoms. The lowest BCUT2D eigenvalue weighted by Crippen LogP contribution is -2.22. The van der Waals surface area contributed by atoms with E-state index in [1.165, 1.54) is 31.8 Å². The Morgan fingerprint density at radius 1 is 1.44 bits per heavy atom. The van der Waals surface area contributed by atoms with Crippen molar-refractivity contribution in [1.82, 2.24) is 0 Å². The number of hydrogen-bond donors (Lipinski definition) is 1. The second-order valence-corrected chi connectivity index (χ2v) is 7.45. The molecule has 2 aromatic rings. The molecule has 0 saturated carbocycles. The maximum absolute atomic E-state index is 6.33. The number of benzene rings is 1. The van der Waals surface area contributed by atoms with Gasteiger partial charge in [0.05, 0.1) is 3.79 Å². The lowest BCUT2D eigenvalue weighted by atomic mass is 9.74. The second-order valence-electron chi connectivity index (χ2n) is 5.05. The van der Waals surface area contributed by atoms with Crippen LogP contribution in [0.3, 0.4) is 0 Å². The van der Waals surface area contributed by atoms with Crippen molar-refractivity contribution in [3.63, 3.8) is 0 Å². The number of rotatable bonds is 3. The summed E-state index contributed by atoms with van der Waals surface area (Å²) in [6, 6.07) is 11.1. The third-order valence-corrected chi connectivity index (χ3v) is 6.01. The van der Waals surface area contributed by atoms with Gasteiger partial charge in [-0.05, 0) is 64.4 Å². The molecular formula is C15H16BrNS. The minimum Gasteiger partial charge on any atom is -0.323 e. The zero-order valence-electron chi connectivity index (χ0n) is 10.3. The second kappa shape index (κ2) is 4.80. The lowest BCUT2D eigenvalue weighted by molar-refractivity contribution is 0.502. The van der Waals surface area contributed by atoms with Gasteiger partial charge in [-0.15, -0.1) is 11.3 Å². The van der Waals surface area contributed by atoms with Crippen LogP contribution in [0.4, 0.5) is 0 Å². The van der Waals surface area contributed by atoms with Crippen LogP contribution in [0.1, 0.15) is 39.9 Å². The first-order valence-electron chi connectivity index (χ1n) is 6.24. The maximum atomic E-state index is 6.33. The van der Waals surface area contributed by atoms with E-state index in [4.69, 9.17) is 5.73 Å². The highest BCUT2D eigenvalue weighted by molar-refractivity contribution is 9.11. The lowest BCUT2D eigenvalue weighted by Gasteiger charge is -2.31. The van der Waals surface area contributed by atoms with Crippen molar-refractivity contribution in [2.75, 3.05) is 0 Å². The van der Waals surface area contributed by atoms with Crippen molar-refractivity contribution in [2.24, 2.45) is 5.73 Å². The molecule has 2 unspecified atom stereocenters. The quantitative estimate of drug-likeness (QED) is 0.881. The fraction of sp³-hybridized carbons (Fsp3) is 0.333. The molecule has 3 heteroatoms. The number of hydrogen-bond acceptors (Lipinski definition) is 2. The molecule has 1 aliphatic carbocycles. The van der Waals surface area contributed by atoms with Crippen molar-refractivity contribution >= 4 is 27.3 Å². The van der Waals surface area contributed by atoms with Crippen molar-refractivity contribution < 1.29 is 0 Å². The van der Waals surface area contributed by atoms with Gasteiger partial charge in [-0.2, -0.15) is 0 Å². The Balaban J connectivity index is 1.72. The molecule has 1 aliphatic rings. The average molecular weight is 322 g/mol. The highest BCUT2D eigenvalue weighted by Crippen LogP contribution is 2.41. The number of thiophene rings is 1. The average Bonchev–Trinajstić information content (AvgIpc) is 2.67. The van der Waals surface area contributed by atoms with Crippen LogP contribution in [-0.2, 0) is 6.42 Å². The Morgan fingerprint density at radius 3 is 2.89 bits per heavy atom. The molecule has 2 N–H and O–H groups in total. The van der Waals surface area contributed by atoms with E-state index in [0.29, 0.717) is 5.92 Å². The Kier molecular flexibility index (Phi) is 3.31. The van der Waals surface area contributed by atoms with Crippen LogP contribution in [0.2, 0.25) is 0 Å². The predicted molar refractivity (Wildman–Crippen MR) is 81.2 cm³/mol. The van der Waals surface area contributed by atoms with E-state index in [1.807, 2.05) is 0 Å². The molecular weight excluding hydrogens is 306 g/mol. The van der Waals surface area contributed by atoms with Gasteiger partial charge in [0.2, 0.25) is 0 Å². The number of aryl methyl sites for hydroxylation is 1. The zero-order chi connectivity index (χ0) is 12.7. The molecule has 0 fully saturated rings. The summed E-state index contributed by atoms with van der Waals surface area (Å²) in [5.74, 6) is 0.650. The molecule has 94 valence electrons.